The van der Waals surface area contributed by atoms with Crippen LogP contribution in [0.3, 0.4) is 0 Å². The fourth-order valence-electron chi connectivity index (χ4n) is 2.66. The van der Waals surface area contributed by atoms with E-state index < -0.39 is 28.5 Å². The van der Waals surface area contributed by atoms with E-state index in [0.717, 1.165) is 12.8 Å². The van der Waals surface area contributed by atoms with Crippen molar-refractivity contribution in [1.82, 2.24) is 9.62 Å². The first-order chi connectivity index (χ1) is 14.2. The predicted octanol–water partition coefficient (Wildman–Crippen LogP) is 2.62. The van der Waals surface area contributed by atoms with Crippen LogP contribution in [0.4, 0.5) is 0 Å². The fourth-order valence-corrected chi connectivity index (χ4v) is 4.07. The van der Waals surface area contributed by atoms with Crippen molar-refractivity contribution in [2.24, 2.45) is 0 Å². The molecule has 7 nitrogen and oxygen atoms in total. The first kappa shape index (κ1) is 23.6. The minimum atomic E-state index is -3.72. The normalized spacial score (nSPS) is 11.5. The van der Waals surface area contributed by atoms with Gasteiger partial charge in [0.2, 0.25) is 10.0 Å². The first-order valence-electron chi connectivity index (χ1n) is 9.77. The van der Waals surface area contributed by atoms with Gasteiger partial charge in [0.25, 0.3) is 5.91 Å². The Labute approximate surface area is 178 Å². The molecule has 0 aliphatic heterocycles. The average molecular weight is 433 g/mol. The molecule has 0 saturated heterocycles. The summed E-state index contributed by atoms with van der Waals surface area (Å²) < 4.78 is 31.4. The van der Waals surface area contributed by atoms with Crippen LogP contribution in [0.25, 0.3) is 0 Å². The lowest BCUT2D eigenvalue weighted by molar-refractivity contribution is -0.124. The van der Waals surface area contributed by atoms with Crippen molar-refractivity contribution >= 4 is 21.9 Å². The highest BCUT2D eigenvalue weighted by Crippen LogP contribution is 2.18. The highest BCUT2D eigenvalue weighted by molar-refractivity contribution is 7.89. The molecule has 30 heavy (non-hydrogen) atoms. The van der Waals surface area contributed by atoms with E-state index in [1.807, 2.05) is 30.3 Å². The molecule has 2 aromatic rings. The molecule has 0 radical (unpaired) electrons. The van der Waals surface area contributed by atoms with Gasteiger partial charge in [-0.1, -0.05) is 36.4 Å². The Morgan fingerprint density at radius 2 is 1.77 bits per heavy atom. The van der Waals surface area contributed by atoms with Gasteiger partial charge in [-0.3, -0.25) is 4.79 Å². The minimum Gasteiger partial charge on any atom is -0.452 e. The molecule has 2 rings (SSSR count). The van der Waals surface area contributed by atoms with Gasteiger partial charge in [-0.2, -0.15) is 4.31 Å². The van der Waals surface area contributed by atoms with Crippen LogP contribution in [0.1, 0.15) is 36.2 Å². The molecule has 0 spiro atoms. The number of carbonyl (C=O) groups excluding carboxylic acids is 2. The Morgan fingerprint density at radius 3 is 2.43 bits per heavy atom. The van der Waals surface area contributed by atoms with Crippen molar-refractivity contribution in [3.8, 4) is 0 Å². The molecular formula is C22H28N2O5S. The number of hydrogen-bond donors (Lipinski definition) is 1. The quantitative estimate of drug-likeness (QED) is 0.460. The molecule has 0 fully saturated rings. The van der Waals surface area contributed by atoms with E-state index in [1.165, 1.54) is 41.2 Å². The Morgan fingerprint density at radius 1 is 1.07 bits per heavy atom. The van der Waals surface area contributed by atoms with Gasteiger partial charge >= 0.3 is 5.97 Å². The maximum Gasteiger partial charge on any atom is 0.338 e. The largest absolute Gasteiger partial charge is 0.452 e. The van der Waals surface area contributed by atoms with Crippen LogP contribution in [-0.2, 0) is 26.0 Å². The van der Waals surface area contributed by atoms with E-state index in [2.05, 4.69) is 5.32 Å². The number of carbonyl (C=O) groups is 2. The molecule has 0 aliphatic carbocycles. The van der Waals surface area contributed by atoms with Gasteiger partial charge in [0.15, 0.2) is 6.61 Å². The van der Waals surface area contributed by atoms with Gasteiger partial charge in [-0.05, 0) is 50.5 Å². The Balaban J connectivity index is 1.84. The van der Waals surface area contributed by atoms with Crippen molar-refractivity contribution in [3.05, 3.63) is 65.7 Å². The van der Waals surface area contributed by atoms with E-state index in [9.17, 15) is 18.0 Å². The van der Waals surface area contributed by atoms with Crippen molar-refractivity contribution in [2.45, 2.75) is 37.6 Å². The van der Waals surface area contributed by atoms with Crippen LogP contribution in [0.5, 0.6) is 0 Å². The van der Waals surface area contributed by atoms with Gasteiger partial charge in [-0.15, -0.1) is 0 Å². The lowest BCUT2D eigenvalue weighted by Gasteiger charge is -2.21. The van der Waals surface area contributed by atoms with Crippen molar-refractivity contribution in [3.63, 3.8) is 0 Å². The number of esters is 1. The molecule has 1 N–H and O–H groups in total. The summed E-state index contributed by atoms with van der Waals surface area (Å²) in [6, 6.07) is 15.3. The summed E-state index contributed by atoms with van der Waals surface area (Å²) in [5, 5.41) is 2.70. The van der Waals surface area contributed by atoms with E-state index >= 15 is 0 Å². The highest BCUT2D eigenvalue weighted by Gasteiger charge is 2.24. The third kappa shape index (κ3) is 6.67. The Kier molecular flexibility index (Phi) is 8.56. The summed E-state index contributed by atoms with van der Waals surface area (Å²) in [5.41, 5.74) is 1.27. The van der Waals surface area contributed by atoms with Gasteiger partial charge < -0.3 is 10.1 Å². The summed E-state index contributed by atoms with van der Waals surface area (Å²) in [6.07, 6.45) is 1.61. The average Bonchev–Trinajstić information content (AvgIpc) is 2.75. The molecule has 2 aromatic carbocycles. The molecule has 0 atom stereocenters. The van der Waals surface area contributed by atoms with Crippen molar-refractivity contribution in [2.75, 3.05) is 20.2 Å². The van der Waals surface area contributed by atoms with Gasteiger partial charge in [0, 0.05) is 19.6 Å². The summed E-state index contributed by atoms with van der Waals surface area (Å²) in [6.45, 7) is 3.57. The molecule has 0 unspecified atom stereocenters. The summed E-state index contributed by atoms with van der Waals surface area (Å²) in [5.74, 6) is -1.15. The highest BCUT2D eigenvalue weighted by atomic mass is 32.2. The molecule has 0 saturated carbocycles. The van der Waals surface area contributed by atoms with Gasteiger partial charge in [0.05, 0.1) is 10.5 Å². The van der Waals surface area contributed by atoms with Crippen LogP contribution >= 0.6 is 0 Å². The number of aryl methyl sites for hydroxylation is 1. The minimum absolute atomic E-state index is 0.00138. The third-order valence-electron chi connectivity index (χ3n) is 4.62. The number of nitrogens with one attached hydrogen (secondary N) is 1. The topological polar surface area (TPSA) is 92.8 Å². The first-order valence-corrected chi connectivity index (χ1v) is 11.2. The lowest BCUT2D eigenvalue weighted by atomic mass is 10.1. The maximum atomic E-state index is 12.6. The molecule has 0 heterocycles. The fraction of sp³-hybridized carbons (Fsp3) is 0.364. The molecule has 0 aliphatic rings. The van der Waals surface area contributed by atoms with E-state index in [1.54, 1.807) is 13.8 Å². The van der Waals surface area contributed by atoms with Crippen LogP contribution in [0, 0.1) is 0 Å². The van der Waals surface area contributed by atoms with Gasteiger partial charge in [-0.25, -0.2) is 13.2 Å². The van der Waals surface area contributed by atoms with Crippen molar-refractivity contribution < 1.29 is 22.7 Å². The molecule has 0 bridgehead atoms. The number of rotatable bonds is 10. The third-order valence-corrected chi connectivity index (χ3v) is 6.65. The smallest absolute Gasteiger partial charge is 0.338 e. The lowest BCUT2D eigenvalue weighted by Crippen LogP contribution is -2.33. The van der Waals surface area contributed by atoms with E-state index in [-0.39, 0.29) is 16.5 Å². The van der Waals surface area contributed by atoms with Crippen LogP contribution in [0.15, 0.2) is 59.5 Å². The second kappa shape index (κ2) is 10.9. The summed E-state index contributed by atoms with van der Waals surface area (Å²) in [7, 11) is -2.24. The van der Waals surface area contributed by atoms with E-state index in [0.29, 0.717) is 6.54 Å². The number of hydrogen-bond acceptors (Lipinski definition) is 5. The van der Waals surface area contributed by atoms with Crippen LogP contribution < -0.4 is 5.32 Å². The van der Waals surface area contributed by atoms with E-state index in [4.69, 9.17) is 4.74 Å². The second-order valence-electron chi connectivity index (χ2n) is 7.16. The van der Waals surface area contributed by atoms with Crippen LogP contribution in [-0.4, -0.2) is 50.8 Å². The number of benzene rings is 2. The summed E-state index contributed by atoms with van der Waals surface area (Å²) >= 11 is 0. The monoisotopic (exact) mass is 432 g/mol. The van der Waals surface area contributed by atoms with Crippen LogP contribution in [0.2, 0.25) is 0 Å². The maximum absolute atomic E-state index is 12.6. The van der Waals surface area contributed by atoms with Crippen molar-refractivity contribution in [1.29, 1.82) is 0 Å². The molecule has 8 heteroatoms. The number of nitrogens with zero attached hydrogens (tertiary/aromatic N) is 1. The number of sulfonamides is 1. The Bertz CT molecular complexity index is 959. The van der Waals surface area contributed by atoms with Gasteiger partial charge in [0.1, 0.15) is 0 Å². The molecule has 1 amide bonds. The molecule has 0 aromatic heterocycles. The predicted molar refractivity (Wildman–Crippen MR) is 115 cm³/mol. The standard InChI is InChI=1S/C22H28N2O5S/c1-17(2)24(3)30(27,28)20-13-7-12-19(15-20)22(26)29-16-21(25)23-14-8-11-18-9-5-4-6-10-18/h4-7,9-10,12-13,15,17H,8,11,14,16H2,1-3H3,(H,23,25). The number of ether oxygens (including phenoxy) is 1. The second-order valence-corrected chi connectivity index (χ2v) is 9.16. The molecule has 162 valence electrons. The zero-order valence-corrected chi connectivity index (χ0v) is 18.3. The summed E-state index contributed by atoms with van der Waals surface area (Å²) in [4.78, 5) is 24.1. The zero-order valence-electron chi connectivity index (χ0n) is 17.5. The SMILES string of the molecule is CC(C)N(C)S(=O)(=O)c1cccc(C(=O)OCC(=O)NCCCc2ccccc2)c1. The zero-order chi connectivity index (χ0) is 22.1. The Hall–Kier alpha value is -2.71. The number of amides is 1. The molecular weight excluding hydrogens is 404 g/mol.